The van der Waals surface area contributed by atoms with Crippen LogP contribution < -0.4 is 5.32 Å². The summed E-state index contributed by atoms with van der Waals surface area (Å²) in [5.41, 5.74) is -0.573. The summed E-state index contributed by atoms with van der Waals surface area (Å²) in [4.78, 5) is 28.6. The molecule has 0 fully saturated rings. The lowest BCUT2D eigenvalue weighted by atomic mass is 10.2. The van der Waals surface area contributed by atoms with Crippen LogP contribution in [0.4, 0.5) is 10.6 Å². The predicted octanol–water partition coefficient (Wildman–Crippen LogP) is 1.77. The molecule has 0 aliphatic heterocycles. The molecule has 7 heteroatoms. The minimum Gasteiger partial charge on any atom is -0.481 e. The summed E-state index contributed by atoms with van der Waals surface area (Å²) in [7, 11) is 0. The summed E-state index contributed by atoms with van der Waals surface area (Å²) in [5.74, 6) is -0.0128. The summed E-state index contributed by atoms with van der Waals surface area (Å²) in [6, 6.07) is 0. The summed E-state index contributed by atoms with van der Waals surface area (Å²) < 4.78 is 5.06. The summed E-state index contributed by atoms with van der Waals surface area (Å²) in [5, 5.41) is 11.0. The predicted molar refractivity (Wildman–Crippen MR) is 64.4 cm³/mol. The fraction of sp³-hybridized carbons (Fsp3) is 0.545. The number of H-pyrrole nitrogens is 1. The molecule has 100 valence electrons. The minimum absolute atomic E-state index is 0.0145. The number of hydrogen-bond donors (Lipinski definition) is 3. The molecule has 0 saturated carbocycles. The normalized spacial score (nSPS) is 11.1. The van der Waals surface area contributed by atoms with Crippen LogP contribution in [0.5, 0.6) is 0 Å². The number of anilines is 1. The number of aromatic nitrogens is 2. The van der Waals surface area contributed by atoms with Crippen LogP contribution in [0.15, 0.2) is 6.20 Å². The molecule has 1 rings (SSSR count). The maximum absolute atomic E-state index is 11.4. The van der Waals surface area contributed by atoms with Crippen LogP contribution in [-0.4, -0.2) is 32.7 Å². The highest BCUT2D eigenvalue weighted by molar-refractivity contribution is 5.83. The van der Waals surface area contributed by atoms with E-state index >= 15 is 0 Å². The molecule has 0 radical (unpaired) electrons. The fourth-order valence-electron chi connectivity index (χ4n) is 1.19. The number of nitrogens with one attached hydrogen (secondary N) is 2. The number of aliphatic carboxylic acids is 1. The van der Waals surface area contributed by atoms with Gasteiger partial charge in [-0.2, -0.15) is 0 Å². The van der Waals surface area contributed by atoms with Crippen LogP contribution in [0, 0.1) is 0 Å². The fourth-order valence-corrected chi connectivity index (χ4v) is 1.19. The Kier molecular flexibility index (Phi) is 4.30. The lowest BCUT2D eigenvalue weighted by Crippen LogP contribution is -2.27. The van der Waals surface area contributed by atoms with Gasteiger partial charge in [-0.25, -0.2) is 9.78 Å². The van der Waals surface area contributed by atoms with E-state index in [1.807, 2.05) is 0 Å². The van der Waals surface area contributed by atoms with E-state index in [0.717, 1.165) is 0 Å². The Morgan fingerprint density at radius 1 is 1.50 bits per heavy atom. The Labute approximate surface area is 105 Å². The molecule has 0 aliphatic rings. The van der Waals surface area contributed by atoms with Crippen LogP contribution in [0.3, 0.4) is 0 Å². The molecule has 0 bridgehead atoms. The van der Waals surface area contributed by atoms with Crippen molar-refractivity contribution < 1.29 is 19.4 Å². The van der Waals surface area contributed by atoms with Gasteiger partial charge in [0.2, 0.25) is 0 Å². The number of carbonyl (C=O) groups excluding carboxylic acids is 1. The van der Waals surface area contributed by atoms with E-state index in [4.69, 9.17) is 9.84 Å². The van der Waals surface area contributed by atoms with Gasteiger partial charge in [0.05, 0.1) is 12.6 Å². The number of aromatic amines is 1. The first-order chi connectivity index (χ1) is 8.26. The zero-order valence-corrected chi connectivity index (χ0v) is 10.6. The van der Waals surface area contributed by atoms with Crippen molar-refractivity contribution in [2.45, 2.75) is 39.2 Å². The maximum Gasteiger partial charge on any atom is 0.413 e. The smallest absolute Gasteiger partial charge is 0.413 e. The second kappa shape index (κ2) is 5.52. The van der Waals surface area contributed by atoms with Crippen molar-refractivity contribution in [3.8, 4) is 0 Å². The third-order valence-corrected chi connectivity index (χ3v) is 1.84. The first kappa shape index (κ1) is 14.0. The standard InChI is InChI=1S/C11H17N3O4/c1-11(2,3)18-10(17)14-8-6-12-7(13-8)4-5-9(15)16/h6H,4-5H2,1-3H3,(H,12,13)(H,14,17)(H,15,16). The number of hydrogen-bond acceptors (Lipinski definition) is 4. The molecule has 1 aromatic rings. The molecule has 0 saturated heterocycles. The van der Waals surface area contributed by atoms with Crippen molar-refractivity contribution in [2.24, 2.45) is 0 Å². The number of carboxylic acids is 1. The van der Waals surface area contributed by atoms with Crippen LogP contribution >= 0.6 is 0 Å². The number of aryl methyl sites for hydroxylation is 1. The van der Waals surface area contributed by atoms with Crippen molar-refractivity contribution in [3.63, 3.8) is 0 Å². The summed E-state index contributed by atoms with van der Waals surface area (Å²) in [6.45, 7) is 5.29. The molecule has 3 N–H and O–H groups in total. The van der Waals surface area contributed by atoms with Gasteiger partial charge < -0.3 is 14.8 Å². The topological polar surface area (TPSA) is 104 Å². The lowest BCUT2D eigenvalue weighted by Gasteiger charge is -2.19. The number of ether oxygens (including phenoxy) is 1. The summed E-state index contributed by atoms with van der Waals surface area (Å²) >= 11 is 0. The molecule has 0 aromatic carbocycles. The molecular weight excluding hydrogens is 238 g/mol. The van der Waals surface area contributed by atoms with Gasteiger partial charge in [0.1, 0.15) is 17.2 Å². The molecule has 0 atom stereocenters. The van der Waals surface area contributed by atoms with Gasteiger partial charge in [0.15, 0.2) is 0 Å². The third-order valence-electron chi connectivity index (χ3n) is 1.84. The highest BCUT2D eigenvalue weighted by Crippen LogP contribution is 2.10. The minimum atomic E-state index is -0.895. The average Bonchev–Trinajstić information content (AvgIpc) is 2.59. The van der Waals surface area contributed by atoms with E-state index in [2.05, 4.69) is 15.3 Å². The number of amides is 1. The van der Waals surface area contributed by atoms with Crippen molar-refractivity contribution in [2.75, 3.05) is 5.32 Å². The van der Waals surface area contributed by atoms with Gasteiger partial charge >= 0.3 is 12.1 Å². The van der Waals surface area contributed by atoms with Gasteiger partial charge in [-0.1, -0.05) is 0 Å². The zero-order chi connectivity index (χ0) is 13.8. The molecule has 1 heterocycles. The van der Waals surface area contributed by atoms with E-state index < -0.39 is 17.7 Å². The molecule has 0 unspecified atom stereocenters. The van der Waals surface area contributed by atoms with Crippen molar-refractivity contribution in [1.82, 2.24) is 9.97 Å². The van der Waals surface area contributed by atoms with Crippen molar-refractivity contribution >= 4 is 17.9 Å². The Balaban J connectivity index is 2.48. The third kappa shape index (κ3) is 5.33. The molecule has 1 aromatic heterocycles. The van der Waals surface area contributed by atoms with Crippen LogP contribution in [0.25, 0.3) is 0 Å². The Hall–Kier alpha value is -2.05. The Morgan fingerprint density at radius 3 is 2.72 bits per heavy atom. The number of nitrogens with zero attached hydrogens (tertiary/aromatic N) is 1. The van der Waals surface area contributed by atoms with E-state index in [0.29, 0.717) is 11.6 Å². The number of carboxylic acid groups (broad SMARTS) is 1. The van der Waals surface area contributed by atoms with Crippen LogP contribution in [0.1, 0.15) is 33.0 Å². The molecule has 0 spiro atoms. The van der Waals surface area contributed by atoms with Gasteiger partial charge in [-0.15, -0.1) is 0 Å². The molecular formula is C11H17N3O4. The molecule has 18 heavy (non-hydrogen) atoms. The Bertz CT molecular complexity index is 434. The van der Waals surface area contributed by atoms with Gasteiger partial charge in [0.25, 0.3) is 0 Å². The largest absolute Gasteiger partial charge is 0.481 e. The second-order valence-corrected chi connectivity index (χ2v) is 4.76. The summed E-state index contributed by atoms with van der Waals surface area (Å²) in [6.07, 6.45) is 1.10. The monoisotopic (exact) mass is 255 g/mol. The first-order valence-corrected chi connectivity index (χ1v) is 5.52. The molecule has 7 nitrogen and oxygen atoms in total. The number of carbonyl (C=O) groups is 2. The van der Waals surface area contributed by atoms with E-state index in [9.17, 15) is 9.59 Å². The second-order valence-electron chi connectivity index (χ2n) is 4.76. The number of rotatable bonds is 4. The molecule has 0 aliphatic carbocycles. The van der Waals surface area contributed by atoms with Crippen molar-refractivity contribution in [3.05, 3.63) is 12.0 Å². The highest BCUT2D eigenvalue weighted by atomic mass is 16.6. The maximum atomic E-state index is 11.4. The van der Waals surface area contributed by atoms with E-state index in [1.165, 1.54) is 6.20 Å². The zero-order valence-electron chi connectivity index (χ0n) is 10.6. The molecule has 1 amide bonds. The van der Waals surface area contributed by atoms with Crippen LogP contribution in [0.2, 0.25) is 0 Å². The van der Waals surface area contributed by atoms with Crippen LogP contribution in [-0.2, 0) is 16.0 Å². The van der Waals surface area contributed by atoms with Gasteiger partial charge in [-0.05, 0) is 20.8 Å². The first-order valence-electron chi connectivity index (χ1n) is 5.52. The average molecular weight is 255 g/mol. The Morgan fingerprint density at radius 2 is 2.17 bits per heavy atom. The van der Waals surface area contributed by atoms with Gasteiger partial charge in [-0.3, -0.25) is 10.1 Å². The van der Waals surface area contributed by atoms with E-state index in [1.54, 1.807) is 20.8 Å². The quantitative estimate of drug-likeness (QED) is 0.760. The highest BCUT2D eigenvalue weighted by Gasteiger charge is 2.16. The number of imidazole rings is 1. The van der Waals surface area contributed by atoms with E-state index in [-0.39, 0.29) is 12.8 Å². The lowest BCUT2D eigenvalue weighted by molar-refractivity contribution is -0.137. The van der Waals surface area contributed by atoms with Gasteiger partial charge in [0, 0.05) is 6.42 Å². The van der Waals surface area contributed by atoms with Crippen molar-refractivity contribution in [1.29, 1.82) is 0 Å². The SMILES string of the molecule is CC(C)(C)OC(=O)Nc1cnc(CCC(=O)O)[nH]1.